The molecule has 44 heavy (non-hydrogen) atoms. The molecule has 3 N–H and O–H groups in total. The molecule has 4 heterocycles. The number of aromatic nitrogens is 2. The molecular formula is C30H34FN5O8. The average Bonchev–Trinajstić information content (AvgIpc) is 3.40. The van der Waals surface area contributed by atoms with E-state index in [0.29, 0.717) is 24.2 Å². The third kappa shape index (κ3) is 6.30. The highest BCUT2D eigenvalue weighted by Crippen LogP contribution is 2.42. The zero-order valence-corrected chi connectivity index (χ0v) is 25.0. The van der Waals surface area contributed by atoms with Gasteiger partial charge in [-0.3, -0.25) is 15.5 Å². The fourth-order valence-electron chi connectivity index (χ4n) is 5.23. The van der Waals surface area contributed by atoms with Crippen LogP contribution in [-0.4, -0.2) is 71.4 Å². The van der Waals surface area contributed by atoms with Crippen LogP contribution in [0.4, 0.5) is 36.0 Å². The molecule has 1 saturated heterocycles. The maximum atomic E-state index is 16.4. The zero-order valence-electron chi connectivity index (χ0n) is 25.0. The molecule has 0 unspecified atom stereocenters. The number of carboxylic acid groups (broad SMARTS) is 1. The number of ether oxygens (including phenoxy) is 4. The van der Waals surface area contributed by atoms with Crippen molar-refractivity contribution >= 4 is 46.2 Å². The van der Waals surface area contributed by atoms with Crippen LogP contribution in [0.1, 0.15) is 39.7 Å². The summed E-state index contributed by atoms with van der Waals surface area (Å²) in [5, 5.41) is 15.5. The molecule has 0 radical (unpaired) electrons. The Balaban J connectivity index is 1.58. The minimum atomic E-state index is -1.20. The van der Waals surface area contributed by atoms with E-state index in [2.05, 4.69) is 20.6 Å². The van der Waals surface area contributed by atoms with Crippen molar-refractivity contribution in [3.8, 4) is 17.0 Å². The van der Waals surface area contributed by atoms with Crippen molar-refractivity contribution in [3.63, 3.8) is 0 Å². The maximum absolute atomic E-state index is 16.4. The molecule has 3 aromatic rings. The lowest BCUT2D eigenvalue weighted by atomic mass is 9.96. The Kier molecular flexibility index (Phi) is 8.46. The molecule has 2 aliphatic rings. The minimum Gasteiger partial charge on any atom is -0.474 e. The van der Waals surface area contributed by atoms with E-state index in [-0.39, 0.29) is 64.8 Å². The monoisotopic (exact) mass is 611 g/mol. The van der Waals surface area contributed by atoms with E-state index in [1.54, 1.807) is 27.7 Å². The molecule has 3 amide bonds. The Hall–Kier alpha value is -4.72. The number of fused-ring (bicyclic) bond motifs is 2. The highest BCUT2D eigenvalue weighted by molar-refractivity contribution is 6.04. The second-order valence-electron chi connectivity index (χ2n) is 11.5. The fraction of sp³-hybridized carbons (Fsp3) is 0.433. The largest absolute Gasteiger partial charge is 0.474 e. The lowest BCUT2D eigenvalue weighted by Crippen LogP contribution is -2.37. The Morgan fingerprint density at radius 3 is 2.59 bits per heavy atom. The summed E-state index contributed by atoms with van der Waals surface area (Å²) in [4.78, 5) is 47.0. The van der Waals surface area contributed by atoms with Crippen molar-refractivity contribution in [2.45, 2.75) is 52.7 Å². The van der Waals surface area contributed by atoms with Crippen molar-refractivity contribution in [2.75, 3.05) is 41.9 Å². The summed E-state index contributed by atoms with van der Waals surface area (Å²) in [6.45, 7) is 9.66. The summed E-state index contributed by atoms with van der Waals surface area (Å²) in [5.74, 6) is -0.491. The Morgan fingerprint density at radius 2 is 1.89 bits per heavy atom. The number of hydrogen-bond donors (Lipinski definition) is 3. The van der Waals surface area contributed by atoms with Crippen molar-refractivity contribution in [1.82, 2.24) is 9.97 Å². The minimum absolute atomic E-state index is 0.0147. The molecule has 1 fully saturated rings. The van der Waals surface area contributed by atoms with Crippen LogP contribution < -0.4 is 20.3 Å². The summed E-state index contributed by atoms with van der Waals surface area (Å²) in [5.41, 5.74) is -0.192. The number of hydrogen-bond acceptors (Lipinski definition) is 9. The summed E-state index contributed by atoms with van der Waals surface area (Å²) in [6.07, 6.45) is 0.286. The molecule has 234 valence electrons. The third-order valence-corrected chi connectivity index (χ3v) is 7.36. The van der Waals surface area contributed by atoms with E-state index in [1.165, 1.54) is 24.5 Å². The third-order valence-electron chi connectivity index (χ3n) is 7.36. The van der Waals surface area contributed by atoms with Gasteiger partial charge < -0.3 is 24.1 Å². The molecular weight excluding hydrogens is 577 g/mol. The van der Waals surface area contributed by atoms with Gasteiger partial charge in [-0.25, -0.2) is 28.7 Å². The lowest BCUT2D eigenvalue weighted by Gasteiger charge is -2.29. The number of pyridine rings is 2. The molecule has 14 heteroatoms. The number of carbonyl (C=O) groups excluding carboxylic acids is 2. The number of nitrogens with zero attached hydrogens (tertiary/aromatic N) is 3. The first-order valence-corrected chi connectivity index (χ1v) is 14.2. The number of rotatable bonds is 5. The maximum Gasteiger partial charge on any atom is 0.413 e. The van der Waals surface area contributed by atoms with Crippen LogP contribution in [-0.2, 0) is 14.2 Å². The molecule has 5 rings (SSSR count). The van der Waals surface area contributed by atoms with Gasteiger partial charge in [-0.1, -0.05) is 6.92 Å². The van der Waals surface area contributed by atoms with E-state index < -0.39 is 29.7 Å². The SMILES string of the molecule is CC[C@@H]1COC[C@H]1OC(=O)Nc1cc2cc(-c3cnc4c(c3C)N(C(=O)O)CCO4)c(F)c(NC(=O)OC(C)(C)C)c2cn1. The summed E-state index contributed by atoms with van der Waals surface area (Å²) < 4.78 is 38.3. The van der Waals surface area contributed by atoms with Gasteiger partial charge in [0.25, 0.3) is 0 Å². The normalized spacial score (nSPS) is 17.9. The second kappa shape index (κ2) is 12.1. The summed E-state index contributed by atoms with van der Waals surface area (Å²) >= 11 is 0. The fourth-order valence-corrected chi connectivity index (χ4v) is 5.23. The van der Waals surface area contributed by atoms with Gasteiger partial charge in [0, 0.05) is 34.8 Å². The molecule has 2 atom stereocenters. The van der Waals surface area contributed by atoms with Crippen LogP contribution in [0.3, 0.4) is 0 Å². The van der Waals surface area contributed by atoms with Gasteiger partial charge in [-0.2, -0.15) is 0 Å². The van der Waals surface area contributed by atoms with Crippen molar-refractivity contribution < 1.29 is 42.8 Å². The highest BCUT2D eigenvalue weighted by Gasteiger charge is 2.31. The molecule has 1 aromatic carbocycles. The van der Waals surface area contributed by atoms with E-state index in [0.717, 1.165) is 11.3 Å². The molecule has 13 nitrogen and oxygen atoms in total. The van der Waals surface area contributed by atoms with Gasteiger partial charge >= 0.3 is 18.3 Å². The van der Waals surface area contributed by atoms with Crippen LogP contribution in [0.2, 0.25) is 0 Å². The first-order chi connectivity index (χ1) is 20.9. The van der Waals surface area contributed by atoms with Crippen LogP contribution in [0.15, 0.2) is 24.5 Å². The predicted octanol–water partition coefficient (Wildman–Crippen LogP) is 5.94. The molecule has 2 aromatic heterocycles. The number of halogens is 1. The van der Waals surface area contributed by atoms with Gasteiger partial charge in [0.15, 0.2) is 5.82 Å². The summed E-state index contributed by atoms with van der Waals surface area (Å²) in [7, 11) is 0. The average molecular weight is 612 g/mol. The molecule has 0 spiro atoms. The standard InChI is InChI=1S/C30H34FN5O8/c1-6-16-13-41-14-21(16)43-27(37)34-22-10-17-9-18(19-11-33-26-25(15(19)2)36(29(39)40)7-8-42-26)23(31)24(20(17)12-32-22)35-28(38)44-30(3,4)5/h9-12,16,21H,6-8,13-14H2,1-5H3,(H,35,38)(H,39,40)(H,32,34,37)/t16-,21-/m1/s1. The second-order valence-corrected chi connectivity index (χ2v) is 11.5. The van der Waals surface area contributed by atoms with Gasteiger partial charge in [0.2, 0.25) is 5.88 Å². The van der Waals surface area contributed by atoms with Gasteiger partial charge in [-0.15, -0.1) is 0 Å². The molecule has 0 bridgehead atoms. The highest BCUT2D eigenvalue weighted by atomic mass is 19.1. The lowest BCUT2D eigenvalue weighted by molar-refractivity contribution is 0.0635. The number of benzene rings is 1. The number of anilines is 3. The van der Waals surface area contributed by atoms with Crippen LogP contribution in [0, 0.1) is 18.7 Å². The predicted molar refractivity (Wildman–Crippen MR) is 159 cm³/mol. The zero-order chi connectivity index (χ0) is 31.8. The van der Waals surface area contributed by atoms with Crippen molar-refractivity contribution in [2.24, 2.45) is 5.92 Å². The Morgan fingerprint density at radius 1 is 1.11 bits per heavy atom. The Labute approximate surface area is 252 Å². The van der Waals surface area contributed by atoms with Gasteiger partial charge in [0.1, 0.15) is 29.8 Å². The molecule has 2 aliphatic heterocycles. The quantitative estimate of drug-likeness (QED) is 0.315. The van der Waals surface area contributed by atoms with E-state index in [1.807, 2.05) is 6.92 Å². The van der Waals surface area contributed by atoms with E-state index in [9.17, 15) is 19.5 Å². The first kappa shape index (κ1) is 30.7. The smallest absolute Gasteiger partial charge is 0.413 e. The number of amides is 3. The first-order valence-electron chi connectivity index (χ1n) is 14.2. The van der Waals surface area contributed by atoms with E-state index in [4.69, 9.17) is 18.9 Å². The van der Waals surface area contributed by atoms with Gasteiger partial charge in [-0.05, 0) is 57.2 Å². The van der Waals surface area contributed by atoms with Crippen LogP contribution >= 0.6 is 0 Å². The topological polar surface area (TPSA) is 161 Å². The van der Waals surface area contributed by atoms with E-state index >= 15 is 4.39 Å². The summed E-state index contributed by atoms with van der Waals surface area (Å²) in [6, 6.07) is 3.02. The van der Waals surface area contributed by atoms with Crippen molar-refractivity contribution in [1.29, 1.82) is 0 Å². The number of carbonyl (C=O) groups is 3. The number of nitrogens with one attached hydrogen (secondary N) is 2. The molecule has 0 saturated carbocycles. The van der Waals surface area contributed by atoms with Crippen LogP contribution in [0.25, 0.3) is 21.9 Å². The van der Waals surface area contributed by atoms with Gasteiger partial charge in [0.05, 0.1) is 25.4 Å². The Bertz CT molecular complexity index is 1630. The van der Waals surface area contributed by atoms with Crippen molar-refractivity contribution in [3.05, 3.63) is 35.9 Å². The molecule has 0 aliphatic carbocycles. The van der Waals surface area contributed by atoms with Crippen LogP contribution in [0.5, 0.6) is 5.88 Å².